The lowest BCUT2D eigenvalue weighted by atomic mass is 9.93. The smallest absolute Gasteiger partial charge is 0.295 e. The summed E-state index contributed by atoms with van der Waals surface area (Å²) in [6, 6.07) is 22.2. The lowest BCUT2D eigenvalue weighted by Gasteiger charge is -2.25. The van der Waals surface area contributed by atoms with Crippen molar-refractivity contribution in [2.45, 2.75) is 45.8 Å². The third-order valence-electron chi connectivity index (χ3n) is 6.82. The van der Waals surface area contributed by atoms with Crippen LogP contribution in [0.25, 0.3) is 5.76 Å². The van der Waals surface area contributed by atoms with Crippen molar-refractivity contribution < 1.29 is 24.2 Å². The highest BCUT2D eigenvalue weighted by molar-refractivity contribution is 6.46. The standard InChI is InChI=1S/C32H35NO5/c1-21(2)24-9-11-25(12-10-24)29-28(31(35)32(36)33(29)17-6-18-37-4)30(34)26-13-15-27(16-14-26)38-20-23-8-5-7-22(3)19-23/h5,7-16,19,21,29,34H,6,17-18,20H2,1-4H3. The Morgan fingerprint density at radius 2 is 1.71 bits per heavy atom. The highest BCUT2D eigenvalue weighted by Crippen LogP contribution is 2.40. The van der Waals surface area contributed by atoms with Gasteiger partial charge in [0, 0.05) is 25.8 Å². The molecule has 0 aromatic heterocycles. The van der Waals surface area contributed by atoms with E-state index < -0.39 is 17.7 Å². The molecule has 6 heteroatoms. The van der Waals surface area contributed by atoms with Gasteiger partial charge in [0.05, 0.1) is 11.6 Å². The monoisotopic (exact) mass is 513 g/mol. The fourth-order valence-corrected chi connectivity index (χ4v) is 4.73. The minimum Gasteiger partial charge on any atom is -0.507 e. The summed E-state index contributed by atoms with van der Waals surface area (Å²) in [5.74, 6) is -0.496. The van der Waals surface area contributed by atoms with Gasteiger partial charge in [0.15, 0.2) is 0 Å². The minimum absolute atomic E-state index is 0.0955. The summed E-state index contributed by atoms with van der Waals surface area (Å²) in [4.78, 5) is 27.8. The molecule has 1 atom stereocenters. The van der Waals surface area contributed by atoms with E-state index in [9.17, 15) is 14.7 Å². The maximum atomic E-state index is 13.2. The first-order valence-electron chi connectivity index (χ1n) is 13.0. The van der Waals surface area contributed by atoms with Crippen molar-refractivity contribution in [2.75, 3.05) is 20.3 Å². The summed E-state index contributed by atoms with van der Waals surface area (Å²) in [7, 11) is 1.60. The number of nitrogens with zero attached hydrogens (tertiary/aromatic N) is 1. The zero-order valence-corrected chi connectivity index (χ0v) is 22.4. The summed E-state index contributed by atoms with van der Waals surface area (Å²) in [6.45, 7) is 7.49. The Morgan fingerprint density at radius 1 is 1.00 bits per heavy atom. The van der Waals surface area contributed by atoms with E-state index >= 15 is 0 Å². The Hall–Kier alpha value is -3.90. The van der Waals surface area contributed by atoms with E-state index in [1.165, 1.54) is 10.5 Å². The third kappa shape index (κ3) is 5.97. The number of carbonyl (C=O) groups excluding carboxylic acids is 2. The van der Waals surface area contributed by atoms with E-state index in [0.717, 1.165) is 16.7 Å². The topological polar surface area (TPSA) is 76.1 Å². The molecule has 1 amide bonds. The zero-order valence-electron chi connectivity index (χ0n) is 22.4. The number of rotatable bonds is 10. The Balaban J connectivity index is 1.64. The predicted molar refractivity (Wildman–Crippen MR) is 148 cm³/mol. The van der Waals surface area contributed by atoms with Crippen LogP contribution in [0.2, 0.25) is 0 Å². The summed E-state index contributed by atoms with van der Waals surface area (Å²) in [5.41, 5.74) is 4.72. The molecule has 1 N–H and O–H groups in total. The SMILES string of the molecule is COCCCN1C(=O)C(=O)C(=C(O)c2ccc(OCc3cccc(C)c3)cc2)C1c1ccc(C(C)C)cc1. The molecule has 0 radical (unpaired) electrons. The van der Waals surface area contributed by atoms with Gasteiger partial charge in [0.2, 0.25) is 0 Å². The first kappa shape index (κ1) is 27.1. The Kier molecular flexibility index (Phi) is 8.64. The molecule has 1 aliphatic rings. The van der Waals surface area contributed by atoms with Crippen molar-refractivity contribution in [3.8, 4) is 5.75 Å². The molecule has 0 aliphatic carbocycles. The molecule has 1 unspecified atom stereocenters. The number of ketones is 1. The molecule has 0 saturated carbocycles. The molecule has 3 aromatic rings. The minimum atomic E-state index is -0.683. The average Bonchev–Trinajstić information content (AvgIpc) is 3.17. The first-order valence-corrected chi connectivity index (χ1v) is 13.0. The maximum Gasteiger partial charge on any atom is 0.295 e. The number of aryl methyl sites for hydroxylation is 1. The van der Waals surface area contributed by atoms with Crippen molar-refractivity contribution in [3.63, 3.8) is 0 Å². The number of aliphatic hydroxyl groups excluding tert-OH is 1. The number of benzene rings is 3. The van der Waals surface area contributed by atoms with Crippen molar-refractivity contribution in [1.82, 2.24) is 4.90 Å². The van der Waals surface area contributed by atoms with Crippen molar-refractivity contribution >= 4 is 17.4 Å². The largest absolute Gasteiger partial charge is 0.507 e. The number of ether oxygens (including phenoxy) is 2. The number of amides is 1. The zero-order chi connectivity index (χ0) is 27.2. The van der Waals surface area contributed by atoms with Crippen LogP contribution in [0, 0.1) is 6.92 Å². The Bertz CT molecular complexity index is 1310. The first-order chi connectivity index (χ1) is 18.3. The van der Waals surface area contributed by atoms with Crippen LogP contribution in [0.1, 0.15) is 60.0 Å². The number of carbonyl (C=O) groups is 2. The number of hydrogen-bond acceptors (Lipinski definition) is 5. The van der Waals surface area contributed by atoms with Gasteiger partial charge in [0.1, 0.15) is 18.1 Å². The van der Waals surface area contributed by atoms with Gasteiger partial charge in [-0.2, -0.15) is 0 Å². The van der Waals surface area contributed by atoms with Gasteiger partial charge < -0.3 is 19.5 Å². The molecule has 1 fully saturated rings. The highest BCUT2D eigenvalue weighted by atomic mass is 16.5. The van der Waals surface area contributed by atoms with Crippen LogP contribution in [-0.4, -0.2) is 42.0 Å². The van der Waals surface area contributed by atoms with E-state index in [2.05, 4.69) is 19.9 Å². The van der Waals surface area contributed by atoms with Crippen molar-refractivity contribution in [2.24, 2.45) is 0 Å². The van der Waals surface area contributed by atoms with E-state index in [0.29, 0.717) is 43.4 Å². The molecule has 3 aromatic carbocycles. The quantitative estimate of drug-likeness (QED) is 0.152. The second-order valence-electron chi connectivity index (χ2n) is 9.96. The Morgan fingerprint density at radius 3 is 2.34 bits per heavy atom. The molecular weight excluding hydrogens is 478 g/mol. The molecule has 0 bridgehead atoms. The van der Waals surface area contributed by atoms with Crippen LogP contribution in [0.3, 0.4) is 0 Å². The maximum absolute atomic E-state index is 13.2. The number of likely N-dealkylation sites (tertiary alicyclic amines) is 1. The molecule has 4 rings (SSSR count). The molecular formula is C32H35NO5. The summed E-state index contributed by atoms with van der Waals surface area (Å²) >= 11 is 0. The lowest BCUT2D eigenvalue weighted by molar-refractivity contribution is -0.140. The molecule has 0 spiro atoms. The van der Waals surface area contributed by atoms with Gasteiger partial charge in [-0.25, -0.2) is 0 Å². The normalized spacial score (nSPS) is 16.9. The predicted octanol–water partition coefficient (Wildman–Crippen LogP) is 6.16. The van der Waals surface area contributed by atoms with Gasteiger partial charge in [-0.05, 0) is 60.2 Å². The van der Waals surface area contributed by atoms with E-state index in [1.807, 2.05) is 49.4 Å². The van der Waals surface area contributed by atoms with Crippen molar-refractivity contribution in [3.05, 3.63) is 106 Å². The van der Waals surface area contributed by atoms with Gasteiger partial charge >= 0.3 is 0 Å². The average molecular weight is 514 g/mol. The van der Waals surface area contributed by atoms with E-state index in [-0.39, 0.29) is 11.3 Å². The highest BCUT2D eigenvalue weighted by Gasteiger charge is 2.45. The molecule has 198 valence electrons. The summed E-state index contributed by atoms with van der Waals surface area (Å²) in [5, 5.41) is 11.3. The third-order valence-corrected chi connectivity index (χ3v) is 6.82. The number of aliphatic hydroxyl groups is 1. The van der Waals surface area contributed by atoms with Crippen LogP contribution < -0.4 is 4.74 Å². The van der Waals surface area contributed by atoms with Gasteiger partial charge in [-0.1, -0.05) is 67.9 Å². The van der Waals surface area contributed by atoms with E-state index in [1.54, 1.807) is 31.4 Å². The fraction of sp³-hybridized carbons (Fsp3) is 0.312. The Labute approximate surface area is 224 Å². The lowest BCUT2D eigenvalue weighted by Crippen LogP contribution is -2.31. The number of methoxy groups -OCH3 is 1. The molecule has 38 heavy (non-hydrogen) atoms. The second-order valence-corrected chi connectivity index (χ2v) is 9.96. The van der Waals surface area contributed by atoms with Gasteiger partial charge in [-0.15, -0.1) is 0 Å². The van der Waals surface area contributed by atoms with Crippen LogP contribution >= 0.6 is 0 Å². The summed E-state index contributed by atoms with van der Waals surface area (Å²) in [6.07, 6.45) is 0.580. The molecule has 1 heterocycles. The molecule has 1 aliphatic heterocycles. The van der Waals surface area contributed by atoms with Gasteiger partial charge in [0.25, 0.3) is 11.7 Å². The molecule has 6 nitrogen and oxygen atoms in total. The number of Topliss-reactive ketones (excluding diaryl/α,β-unsaturated/α-hetero) is 1. The van der Waals surface area contributed by atoms with Crippen LogP contribution in [0.5, 0.6) is 5.75 Å². The van der Waals surface area contributed by atoms with Crippen LogP contribution in [-0.2, 0) is 20.9 Å². The van der Waals surface area contributed by atoms with E-state index in [4.69, 9.17) is 9.47 Å². The van der Waals surface area contributed by atoms with Gasteiger partial charge in [-0.3, -0.25) is 9.59 Å². The van der Waals surface area contributed by atoms with Crippen LogP contribution in [0.15, 0.2) is 78.4 Å². The van der Waals surface area contributed by atoms with Crippen molar-refractivity contribution in [1.29, 1.82) is 0 Å². The molecule has 1 saturated heterocycles. The fourth-order valence-electron chi connectivity index (χ4n) is 4.73. The second kappa shape index (κ2) is 12.1. The summed E-state index contributed by atoms with van der Waals surface area (Å²) < 4.78 is 11.1. The van der Waals surface area contributed by atoms with Crippen LogP contribution in [0.4, 0.5) is 0 Å². The number of hydrogen-bond donors (Lipinski definition) is 1.